The van der Waals surface area contributed by atoms with Crippen LogP contribution in [0.15, 0.2) is 24.4 Å². The number of ether oxygens (including phenoxy) is 2. The SMILES string of the molecule is Cn1nnc(-c2ccc(O[C@H]3CCC[C@](C)(C(=O)O)C3)c(C3CC3)n2)c1COc1nccc(C2CCC2)n1. The maximum atomic E-state index is 11.8. The molecule has 3 aliphatic rings. The van der Waals surface area contributed by atoms with Gasteiger partial charge in [-0.05, 0) is 70.1 Å². The number of pyridine rings is 1. The van der Waals surface area contributed by atoms with Gasteiger partial charge in [-0.3, -0.25) is 4.79 Å². The standard InChI is InChI=1S/C28H34N6O4/c1-28(26(35)36)13-4-7-19(15-28)38-23-11-10-21(30-24(23)18-8-9-18)25-22(34(2)33-32-25)16-37-27-29-14-12-20(31-27)17-5-3-6-17/h10-12,14,17-19H,3-9,13,15-16H2,1-2H3,(H,35,36)/t19-,28-/m0/s1. The van der Waals surface area contributed by atoms with Crippen LogP contribution in [0.25, 0.3) is 11.4 Å². The molecule has 3 fully saturated rings. The highest BCUT2D eigenvalue weighted by Crippen LogP contribution is 2.45. The average Bonchev–Trinajstić information content (AvgIpc) is 3.65. The van der Waals surface area contributed by atoms with Gasteiger partial charge in [0.2, 0.25) is 0 Å². The molecule has 6 rings (SSSR count). The summed E-state index contributed by atoms with van der Waals surface area (Å²) in [6.07, 6.45) is 10.2. The zero-order chi connectivity index (χ0) is 26.3. The van der Waals surface area contributed by atoms with Crippen molar-refractivity contribution >= 4 is 5.97 Å². The molecule has 3 aromatic heterocycles. The first-order valence-corrected chi connectivity index (χ1v) is 13.7. The van der Waals surface area contributed by atoms with E-state index in [4.69, 9.17) is 14.5 Å². The Morgan fingerprint density at radius 1 is 1.11 bits per heavy atom. The lowest BCUT2D eigenvalue weighted by atomic mass is 9.74. The van der Waals surface area contributed by atoms with Crippen LogP contribution in [-0.4, -0.2) is 47.1 Å². The molecule has 200 valence electrons. The summed E-state index contributed by atoms with van der Waals surface area (Å²) in [5.74, 6) is 0.850. The van der Waals surface area contributed by atoms with Crippen LogP contribution in [-0.2, 0) is 18.4 Å². The zero-order valence-electron chi connectivity index (χ0n) is 22.0. The van der Waals surface area contributed by atoms with Crippen LogP contribution in [0.2, 0.25) is 0 Å². The Kier molecular flexibility index (Phi) is 6.49. The van der Waals surface area contributed by atoms with Crippen LogP contribution >= 0.6 is 0 Å². The molecule has 0 bridgehead atoms. The first kappa shape index (κ1) is 24.8. The van der Waals surface area contributed by atoms with Gasteiger partial charge in [0.15, 0.2) is 0 Å². The molecule has 0 saturated heterocycles. The summed E-state index contributed by atoms with van der Waals surface area (Å²) in [4.78, 5) is 25.7. The van der Waals surface area contributed by atoms with Gasteiger partial charge in [-0.25, -0.2) is 14.6 Å². The van der Waals surface area contributed by atoms with Crippen LogP contribution in [0.3, 0.4) is 0 Å². The topological polar surface area (TPSA) is 125 Å². The predicted octanol–water partition coefficient (Wildman–Crippen LogP) is 4.80. The highest BCUT2D eigenvalue weighted by molar-refractivity contribution is 5.74. The van der Waals surface area contributed by atoms with E-state index in [1.165, 1.54) is 19.3 Å². The number of aromatic nitrogens is 6. The van der Waals surface area contributed by atoms with E-state index in [1.54, 1.807) is 10.9 Å². The van der Waals surface area contributed by atoms with E-state index in [2.05, 4.69) is 20.3 Å². The molecule has 0 unspecified atom stereocenters. The largest absolute Gasteiger partial charge is 0.488 e. The molecule has 10 nitrogen and oxygen atoms in total. The van der Waals surface area contributed by atoms with E-state index in [0.717, 1.165) is 48.5 Å². The average molecular weight is 519 g/mol. The molecule has 3 aliphatic carbocycles. The third kappa shape index (κ3) is 4.96. The number of aliphatic carboxylic acids is 1. The molecule has 0 aromatic carbocycles. The first-order valence-electron chi connectivity index (χ1n) is 13.7. The van der Waals surface area contributed by atoms with Crippen molar-refractivity contribution in [1.82, 2.24) is 29.9 Å². The van der Waals surface area contributed by atoms with Gasteiger partial charge in [0.25, 0.3) is 0 Å². The number of carboxylic acid groups (broad SMARTS) is 1. The van der Waals surface area contributed by atoms with Crippen LogP contribution in [0.1, 0.15) is 93.6 Å². The molecule has 3 heterocycles. The number of carboxylic acids is 1. The van der Waals surface area contributed by atoms with Crippen molar-refractivity contribution in [2.24, 2.45) is 12.5 Å². The zero-order valence-corrected chi connectivity index (χ0v) is 22.0. The molecule has 3 aromatic rings. The summed E-state index contributed by atoms with van der Waals surface area (Å²) in [6.45, 7) is 2.04. The predicted molar refractivity (Wildman–Crippen MR) is 138 cm³/mol. The minimum atomic E-state index is -0.751. The van der Waals surface area contributed by atoms with Gasteiger partial charge in [-0.2, -0.15) is 4.98 Å². The Bertz CT molecular complexity index is 1330. The molecule has 38 heavy (non-hydrogen) atoms. The van der Waals surface area contributed by atoms with Gasteiger partial charge in [-0.1, -0.05) is 11.6 Å². The Balaban J connectivity index is 1.21. The van der Waals surface area contributed by atoms with E-state index in [1.807, 2.05) is 32.2 Å². The van der Waals surface area contributed by atoms with Crippen molar-refractivity contribution in [2.75, 3.05) is 0 Å². The van der Waals surface area contributed by atoms with Crippen molar-refractivity contribution in [3.05, 3.63) is 41.5 Å². The van der Waals surface area contributed by atoms with E-state index in [0.29, 0.717) is 42.1 Å². The van der Waals surface area contributed by atoms with Gasteiger partial charge < -0.3 is 14.6 Å². The highest BCUT2D eigenvalue weighted by Gasteiger charge is 2.40. The highest BCUT2D eigenvalue weighted by atomic mass is 16.5. The third-order valence-corrected chi connectivity index (χ3v) is 8.29. The molecule has 0 aliphatic heterocycles. The Labute approximate surface area is 221 Å². The van der Waals surface area contributed by atoms with Crippen molar-refractivity contribution in [1.29, 1.82) is 0 Å². The van der Waals surface area contributed by atoms with Crippen molar-refractivity contribution < 1.29 is 19.4 Å². The quantitative estimate of drug-likeness (QED) is 0.425. The van der Waals surface area contributed by atoms with Gasteiger partial charge in [0.05, 0.1) is 28.6 Å². The second-order valence-corrected chi connectivity index (χ2v) is 11.2. The van der Waals surface area contributed by atoms with Crippen LogP contribution in [0, 0.1) is 5.41 Å². The number of hydrogen-bond donors (Lipinski definition) is 1. The number of carbonyl (C=O) groups is 1. The van der Waals surface area contributed by atoms with Crippen LogP contribution in [0.5, 0.6) is 11.8 Å². The molecule has 2 atom stereocenters. The lowest BCUT2D eigenvalue weighted by Crippen LogP contribution is -2.38. The maximum Gasteiger partial charge on any atom is 0.316 e. The van der Waals surface area contributed by atoms with Gasteiger partial charge in [0.1, 0.15) is 23.7 Å². The summed E-state index contributed by atoms with van der Waals surface area (Å²) in [5.41, 5.74) is 3.37. The van der Waals surface area contributed by atoms with Gasteiger partial charge in [0, 0.05) is 31.5 Å². The minimum Gasteiger partial charge on any atom is -0.488 e. The Morgan fingerprint density at radius 3 is 2.68 bits per heavy atom. The lowest BCUT2D eigenvalue weighted by molar-refractivity contribution is -0.151. The van der Waals surface area contributed by atoms with E-state index in [9.17, 15) is 9.90 Å². The second kappa shape index (κ2) is 9.96. The molecule has 10 heteroatoms. The number of hydrogen-bond acceptors (Lipinski definition) is 8. The monoisotopic (exact) mass is 518 g/mol. The van der Waals surface area contributed by atoms with Gasteiger partial charge >= 0.3 is 12.0 Å². The molecule has 1 N–H and O–H groups in total. The normalized spacial score (nSPS) is 23.6. The molecule has 0 spiro atoms. The number of nitrogens with zero attached hydrogens (tertiary/aromatic N) is 6. The minimum absolute atomic E-state index is 0.133. The van der Waals surface area contributed by atoms with Gasteiger partial charge in [-0.15, -0.1) is 5.10 Å². The Morgan fingerprint density at radius 2 is 1.95 bits per heavy atom. The fourth-order valence-corrected chi connectivity index (χ4v) is 5.47. The summed E-state index contributed by atoms with van der Waals surface area (Å²) in [5, 5.41) is 18.3. The molecule has 0 radical (unpaired) electrons. The summed E-state index contributed by atoms with van der Waals surface area (Å²) in [7, 11) is 1.84. The summed E-state index contributed by atoms with van der Waals surface area (Å²) in [6, 6.07) is 6.18. The lowest BCUT2D eigenvalue weighted by Gasteiger charge is -2.35. The van der Waals surface area contributed by atoms with E-state index in [-0.39, 0.29) is 12.7 Å². The van der Waals surface area contributed by atoms with E-state index < -0.39 is 11.4 Å². The fraction of sp³-hybridized carbons (Fsp3) is 0.571. The smallest absolute Gasteiger partial charge is 0.316 e. The molecular formula is C28H34N6O4. The summed E-state index contributed by atoms with van der Waals surface area (Å²) >= 11 is 0. The first-order chi connectivity index (χ1) is 18.4. The molecule has 3 saturated carbocycles. The van der Waals surface area contributed by atoms with Crippen LogP contribution < -0.4 is 9.47 Å². The fourth-order valence-electron chi connectivity index (χ4n) is 5.47. The van der Waals surface area contributed by atoms with Crippen molar-refractivity contribution in [3.63, 3.8) is 0 Å². The number of aryl methyl sites for hydroxylation is 1. The van der Waals surface area contributed by atoms with Crippen LogP contribution in [0.4, 0.5) is 0 Å². The third-order valence-electron chi connectivity index (χ3n) is 8.29. The van der Waals surface area contributed by atoms with Crippen molar-refractivity contribution in [3.8, 4) is 23.1 Å². The Hall–Kier alpha value is -3.56. The van der Waals surface area contributed by atoms with Crippen molar-refractivity contribution in [2.45, 2.75) is 89.3 Å². The second-order valence-electron chi connectivity index (χ2n) is 11.2. The number of rotatable bonds is 9. The molecule has 0 amide bonds. The van der Waals surface area contributed by atoms with E-state index >= 15 is 0 Å². The molecular weight excluding hydrogens is 484 g/mol. The maximum absolute atomic E-state index is 11.8. The summed E-state index contributed by atoms with van der Waals surface area (Å²) < 4.78 is 14.1.